The second kappa shape index (κ2) is 10.8. The predicted octanol–water partition coefficient (Wildman–Crippen LogP) is 4.99. The van der Waals surface area contributed by atoms with Crippen molar-refractivity contribution in [2.24, 2.45) is 5.92 Å². The lowest BCUT2D eigenvalue weighted by Crippen LogP contribution is -2.24. The molecular formula is C28H28FN5O3. The number of rotatable bonds is 8. The van der Waals surface area contributed by atoms with Crippen LogP contribution in [0, 0.1) is 11.7 Å². The molecule has 5 rings (SSSR count). The number of hydrogen-bond acceptors (Lipinski definition) is 5. The van der Waals surface area contributed by atoms with E-state index in [1.807, 2.05) is 34.9 Å². The Hall–Kier alpha value is -4.27. The average molecular weight is 502 g/mol. The second-order valence-electron chi connectivity index (χ2n) is 9.31. The van der Waals surface area contributed by atoms with Crippen LogP contribution in [-0.2, 0) is 11.3 Å². The van der Waals surface area contributed by atoms with Crippen molar-refractivity contribution in [2.75, 3.05) is 11.9 Å². The molecule has 2 N–H and O–H groups in total. The van der Waals surface area contributed by atoms with Crippen molar-refractivity contribution >= 4 is 23.3 Å². The number of imidazole rings is 1. The third-order valence-electron chi connectivity index (χ3n) is 6.48. The van der Waals surface area contributed by atoms with Crippen LogP contribution >= 0.6 is 0 Å². The monoisotopic (exact) mass is 501 g/mol. The molecule has 0 bridgehead atoms. The summed E-state index contributed by atoms with van der Waals surface area (Å²) in [5.41, 5.74) is 3.37. The van der Waals surface area contributed by atoms with Gasteiger partial charge < -0.3 is 19.8 Å². The van der Waals surface area contributed by atoms with E-state index in [9.17, 15) is 14.0 Å². The highest BCUT2D eigenvalue weighted by Gasteiger charge is 2.19. The van der Waals surface area contributed by atoms with Crippen molar-refractivity contribution in [2.45, 2.75) is 39.2 Å². The molecule has 0 atom stereocenters. The van der Waals surface area contributed by atoms with Crippen LogP contribution in [0.3, 0.4) is 0 Å². The molecule has 0 spiro atoms. The van der Waals surface area contributed by atoms with Crippen LogP contribution in [-0.4, -0.2) is 32.8 Å². The number of carbonyl (C=O) groups excluding carboxylic acids is 2. The van der Waals surface area contributed by atoms with E-state index >= 15 is 0 Å². The van der Waals surface area contributed by atoms with Crippen molar-refractivity contribution in [3.8, 4) is 16.9 Å². The molecule has 0 saturated heterocycles. The minimum Gasteiger partial charge on any atom is -0.492 e. The summed E-state index contributed by atoms with van der Waals surface area (Å²) in [6, 6.07) is 11.6. The number of aromatic nitrogens is 3. The van der Waals surface area contributed by atoms with Crippen molar-refractivity contribution in [1.82, 2.24) is 19.7 Å². The number of ether oxygens (including phenoxy) is 1. The van der Waals surface area contributed by atoms with Gasteiger partial charge in [-0.1, -0.05) is 18.9 Å². The molecule has 2 amide bonds. The lowest BCUT2D eigenvalue weighted by atomic mass is 10.1. The summed E-state index contributed by atoms with van der Waals surface area (Å²) >= 11 is 0. The first-order valence-corrected chi connectivity index (χ1v) is 12.4. The number of nitrogens with zero attached hydrogens (tertiary/aromatic N) is 3. The van der Waals surface area contributed by atoms with Crippen molar-refractivity contribution in [1.29, 1.82) is 0 Å². The molecule has 190 valence electrons. The van der Waals surface area contributed by atoms with Gasteiger partial charge in [-0.2, -0.15) is 0 Å². The van der Waals surface area contributed by atoms with Crippen LogP contribution < -0.4 is 15.4 Å². The molecule has 37 heavy (non-hydrogen) atoms. The van der Waals surface area contributed by atoms with Gasteiger partial charge in [-0.15, -0.1) is 0 Å². The zero-order valence-electron chi connectivity index (χ0n) is 20.5. The van der Waals surface area contributed by atoms with Gasteiger partial charge in [-0.05, 0) is 60.7 Å². The van der Waals surface area contributed by atoms with E-state index in [0.717, 1.165) is 24.0 Å². The van der Waals surface area contributed by atoms with E-state index in [2.05, 4.69) is 20.6 Å². The highest BCUT2D eigenvalue weighted by molar-refractivity contribution is 5.96. The van der Waals surface area contributed by atoms with E-state index in [4.69, 9.17) is 4.74 Å². The Morgan fingerprint density at radius 2 is 1.89 bits per heavy atom. The summed E-state index contributed by atoms with van der Waals surface area (Å²) in [5, 5.41) is 5.49. The number of nitrogens with one attached hydrogen (secondary N) is 2. The van der Waals surface area contributed by atoms with Gasteiger partial charge in [-0.25, -0.2) is 9.37 Å². The molecule has 0 unspecified atom stereocenters. The Labute approximate surface area is 213 Å². The minimum atomic E-state index is -0.486. The van der Waals surface area contributed by atoms with Gasteiger partial charge in [-0.3, -0.25) is 14.6 Å². The smallest absolute Gasteiger partial charge is 0.255 e. The highest BCUT2D eigenvalue weighted by Crippen LogP contribution is 2.27. The second-order valence-corrected chi connectivity index (χ2v) is 9.31. The topological polar surface area (TPSA) is 97.6 Å². The summed E-state index contributed by atoms with van der Waals surface area (Å²) < 4.78 is 21.6. The molecule has 4 aromatic rings. The van der Waals surface area contributed by atoms with E-state index in [1.54, 1.807) is 12.4 Å². The van der Waals surface area contributed by atoms with E-state index in [-0.39, 0.29) is 18.0 Å². The summed E-state index contributed by atoms with van der Waals surface area (Å²) in [5.74, 6) is 0.287. The SMILES string of the molecule is CC(=O)Nc1cn2cc(-c3ccc(CNC(=O)c4cc(F)ccc4OCC4CCCC4)nc3)ccc2n1. The summed E-state index contributed by atoms with van der Waals surface area (Å²) in [6.45, 7) is 2.17. The van der Waals surface area contributed by atoms with Crippen LogP contribution in [0.4, 0.5) is 10.2 Å². The van der Waals surface area contributed by atoms with E-state index < -0.39 is 11.7 Å². The molecule has 1 aromatic carbocycles. The van der Waals surface area contributed by atoms with Crippen LogP contribution in [0.2, 0.25) is 0 Å². The lowest BCUT2D eigenvalue weighted by Gasteiger charge is -2.15. The van der Waals surface area contributed by atoms with Gasteiger partial charge >= 0.3 is 0 Å². The lowest BCUT2D eigenvalue weighted by molar-refractivity contribution is -0.114. The minimum absolute atomic E-state index is 0.180. The zero-order valence-corrected chi connectivity index (χ0v) is 20.5. The fourth-order valence-corrected chi connectivity index (χ4v) is 4.56. The first-order valence-electron chi connectivity index (χ1n) is 12.4. The number of carbonyl (C=O) groups is 2. The number of benzene rings is 1. The van der Waals surface area contributed by atoms with Gasteiger partial charge in [0.2, 0.25) is 5.91 Å². The quantitative estimate of drug-likeness (QED) is 0.354. The Bertz CT molecular complexity index is 1430. The molecular weight excluding hydrogens is 473 g/mol. The first kappa shape index (κ1) is 24.4. The molecule has 0 aliphatic heterocycles. The van der Waals surface area contributed by atoms with E-state index in [0.29, 0.717) is 35.4 Å². The molecule has 0 radical (unpaired) electrons. The number of hydrogen-bond donors (Lipinski definition) is 2. The largest absolute Gasteiger partial charge is 0.492 e. The Kier molecular flexibility index (Phi) is 7.11. The maximum Gasteiger partial charge on any atom is 0.255 e. The molecule has 8 nitrogen and oxygen atoms in total. The number of amides is 2. The maximum atomic E-state index is 13.9. The Morgan fingerprint density at radius 1 is 1.08 bits per heavy atom. The number of halogens is 1. The molecule has 1 saturated carbocycles. The van der Waals surface area contributed by atoms with Gasteiger partial charge in [0.25, 0.3) is 5.91 Å². The van der Waals surface area contributed by atoms with Gasteiger partial charge in [0.1, 0.15) is 17.2 Å². The zero-order chi connectivity index (χ0) is 25.8. The van der Waals surface area contributed by atoms with Crippen LogP contribution in [0.25, 0.3) is 16.8 Å². The normalized spacial score (nSPS) is 13.6. The molecule has 1 aliphatic rings. The molecule has 3 heterocycles. The number of pyridine rings is 2. The predicted molar refractivity (Wildman–Crippen MR) is 138 cm³/mol. The molecule has 1 fully saturated rings. The summed E-state index contributed by atoms with van der Waals surface area (Å²) in [7, 11) is 0. The van der Waals surface area contributed by atoms with E-state index in [1.165, 1.54) is 38.0 Å². The molecule has 9 heteroatoms. The van der Waals surface area contributed by atoms with Crippen LogP contribution in [0.15, 0.2) is 61.1 Å². The third-order valence-corrected chi connectivity index (χ3v) is 6.48. The Morgan fingerprint density at radius 3 is 2.65 bits per heavy atom. The van der Waals surface area contributed by atoms with Crippen LogP contribution in [0.1, 0.15) is 48.7 Å². The molecule has 1 aliphatic carbocycles. The fraction of sp³-hybridized carbons (Fsp3) is 0.286. The van der Waals surface area contributed by atoms with Crippen molar-refractivity contribution in [3.05, 3.63) is 78.1 Å². The Balaban J connectivity index is 1.23. The third kappa shape index (κ3) is 5.94. The number of fused-ring (bicyclic) bond motifs is 1. The van der Waals surface area contributed by atoms with Crippen LogP contribution in [0.5, 0.6) is 5.75 Å². The van der Waals surface area contributed by atoms with Gasteiger partial charge in [0.15, 0.2) is 5.82 Å². The highest BCUT2D eigenvalue weighted by atomic mass is 19.1. The fourth-order valence-electron chi connectivity index (χ4n) is 4.56. The summed E-state index contributed by atoms with van der Waals surface area (Å²) in [4.78, 5) is 33.0. The summed E-state index contributed by atoms with van der Waals surface area (Å²) in [6.07, 6.45) is 10.0. The number of anilines is 1. The molecule has 3 aromatic heterocycles. The van der Waals surface area contributed by atoms with Gasteiger partial charge in [0, 0.05) is 24.9 Å². The van der Waals surface area contributed by atoms with Gasteiger partial charge in [0.05, 0.1) is 30.6 Å². The maximum absolute atomic E-state index is 13.9. The average Bonchev–Trinajstić information content (AvgIpc) is 3.55. The van der Waals surface area contributed by atoms with Crippen molar-refractivity contribution < 1.29 is 18.7 Å². The van der Waals surface area contributed by atoms with Crippen molar-refractivity contribution in [3.63, 3.8) is 0 Å². The standard InChI is InChI=1S/C28H28FN5O3/c1-18(35)32-26-16-34-15-21(7-11-27(34)33-26)20-6-9-23(30-13-20)14-31-28(36)24-12-22(29)8-10-25(24)37-17-19-4-2-3-5-19/h6-13,15-16,19H,2-5,14,17H2,1H3,(H,31,36)(H,32,35). The first-order chi connectivity index (χ1) is 17.9.